The van der Waals surface area contributed by atoms with Crippen LogP contribution in [0.25, 0.3) is 5.52 Å². The topological polar surface area (TPSA) is 216 Å². The third kappa shape index (κ3) is 7.43. The van der Waals surface area contributed by atoms with Gasteiger partial charge in [0.05, 0.1) is 25.5 Å². The quantitative estimate of drug-likeness (QED) is 0.115. The number of morpholine rings is 1. The van der Waals surface area contributed by atoms with Crippen molar-refractivity contribution in [3.05, 3.63) is 54.5 Å². The van der Waals surface area contributed by atoms with Gasteiger partial charge in [-0.3, -0.25) is 14.2 Å². The first-order chi connectivity index (χ1) is 21.6. The fraction of sp³-hybridized carbons (Fsp3) is 0.500. The van der Waals surface area contributed by atoms with Crippen molar-refractivity contribution in [1.29, 1.82) is 5.26 Å². The Morgan fingerprint density at radius 1 is 1.27 bits per heavy atom. The molecule has 2 aromatic heterocycles. The molecule has 4 heterocycles. The molecule has 0 aliphatic carbocycles. The molecule has 0 amide bonds. The molecule has 0 bridgehead atoms. The zero-order valence-corrected chi connectivity index (χ0v) is 25.5. The highest BCUT2D eigenvalue weighted by atomic mass is 31.2. The fourth-order valence-electron chi connectivity index (χ4n) is 5.07. The Hall–Kier alpha value is -3.65. The van der Waals surface area contributed by atoms with E-state index >= 15 is 0 Å². The number of aromatic nitrogens is 3. The molecule has 45 heavy (non-hydrogen) atoms. The van der Waals surface area contributed by atoms with Crippen molar-refractivity contribution < 1.29 is 42.8 Å². The Kier molecular flexibility index (Phi) is 10.3. The van der Waals surface area contributed by atoms with E-state index < -0.39 is 50.3 Å². The van der Waals surface area contributed by atoms with Gasteiger partial charge in [0.15, 0.2) is 5.82 Å². The number of fused-ring (bicyclic) bond motifs is 1. The number of nitrogen functional groups attached to an aromatic ring is 1. The zero-order valence-electron chi connectivity index (χ0n) is 24.6. The van der Waals surface area contributed by atoms with Crippen molar-refractivity contribution in [2.75, 3.05) is 51.8 Å². The van der Waals surface area contributed by atoms with Crippen LogP contribution < -0.4 is 15.3 Å². The van der Waals surface area contributed by atoms with Gasteiger partial charge in [-0.1, -0.05) is 18.2 Å². The third-order valence-corrected chi connectivity index (χ3v) is 9.15. The number of carbonyl (C=O) groups excluding carboxylic acids is 1. The molecular weight excluding hydrogens is 609 g/mol. The van der Waals surface area contributed by atoms with E-state index in [1.165, 1.54) is 29.9 Å². The lowest BCUT2D eigenvalue weighted by Crippen LogP contribution is -2.46. The van der Waals surface area contributed by atoms with Crippen LogP contribution in [-0.2, 0) is 28.1 Å². The van der Waals surface area contributed by atoms with Crippen LogP contribution >= 0.6 is 7.75 Å². The second kappa shape index (κ2) is 14.2. The molecule has 17 heteroatoms. The number of aliphatic hydroxyl groups excluding tert-OH is 2. The first-order valence-corrected chi connectivity index (χ1v) is 16.0. The maximum Gasteiger partial charge on any atom is 0.459 e. The van der Waals surface area contributed by atoms with E-state index in [1.807, 2.05) is 6.07 Å². The van der Waals surface area contributed by atoms with Gasteiger partial charge in [0.2, 0.25) is 5.60 Å². The highest BCUT2D eigenvalue weighted by molar-refractivity contribution is 7.52. The van der Waals surface area contributed by atoms with E-state index in [9.17, 15) is 24.8 Å². The molecule has 6 atom stereocenters. The number of rotatable bonds is 13. The number of anilines is 1. The normalized spacial score (nSPS) is 25.8. The molecule has 5 rings (SSSR count). The summed E-state index contributed by atoms with van der Waals surface area (Å²) in [7, 11) is -4.43. The molecule has 1 unspecified atom stereocenters. The second-order valence-corrected chi connectivity index (χ2v) is 12.4. The molecule has 3 aromatic rings. The minimum absolute atomic E-state index is 0.146. The Labute approximate surface area is 259 Å². The van der Waals surface area contributed by atoms with E-state index in [1.54, 1.807) is 30.3 Å². The van der Waals surface area contributed by atoms with E-state index in [4.69, 9.17) is 29.0 Å². The predicted octanol–water partition coefficient (Wildman–Crippen LogP) is 0.814. The molecule has 16 nitrogen and oxygen atoms in total. The van der Waals surface area contributed by atoms with Crippen molar-refractivity contribution in [1.82, 2.24) is 24.6 Å². The van der Waals surface area contributed by atoms with E-state index in [0.717, 1.165) is 19.6 Å². The third-order valence-electron chi connectivity index (χ3n) is 7.53. The van der Waals surface area contributed by atoms with Crippen LogP contribution in [0.1, 0.15) is 25.1 Å². The number of nitrogens with two attached hydrogens (primary N) is 1. The predicted molar refractivity (Wildman–Crippen MR) is 158 cm³/mol. The van der Waals surface area contributed by atoms with Crippen molar-refractivity contribution in [3.8, 4) is 11.8 Å². The van der Waals surface area contributed by atoms with Crippen molar-refractivity contribution in [2.24, 2.45) is 0 Å². The second-order valence-electron chi connectivity index (χ2n) is 10.7. The molecule has 2 aliphatic rings. The number of nitriles is 1. The summed E-state index contributed by atoms with van der Waals surface area (Å²) in [6.07, 6.45) is -2.82. The molecule has 0 spiro atoms. The number of hydrogen-bond acceptors (Lipinski definition) is 14. The first kappa shape index (κ1) is 32.7. The molecule has 2 saturated heterocycles. The lowest BCUT2D eigenvalue weighted by atomic mass is 9.96. The summed E-state index contributed by atoms with van der Waals surface area (Å²) in [5.41, 5.74) is 4.43. The van der Waals surface area contributed by atoms with Crippen LogP contribution in [0, 0.1) is 11.3 Å². The number of hydrogen-bond donors (Lipinski definition) is 4. The van der Waals surface area contributed by atoms with Crippen LogP contribution in [-0.4, -0.2) is 106 Å². The minimum atomic E-state index is -4.43. The molecule has 2 aliphatic heterocycles. The van der Waals surface area contributed by atoms with Crippen molar-refractivity contribution >= 4 is 25.1 Å². The minimum Gasteiger partial charge on any atom is -0.464 e. The Bertz CT molecular complexity index is 1550. The van der Waals surface area contributed by atoms with Gasteiger partial charge in [-0.15, -0.1) is 0 Å². The van der Waals surface area contributed by atoms with Crippen LogP contribution in [0.15, 0.2) is 48.8 Å². The smallest absolute Gasteiger partial charge is 0.459 e. The van der Waals surface area contributed by atoms with Crippen LogP contribution in [0.2, 0.25) is 0 Å². The number of para-hydroxylation sites is 1. The Morgan fingerprint density at radius 2 is 2.02 bits per heavy atom. The average molecular weight is 646 g/mol. The van der Waals surface area contributed by atoms with E-state index in [-0.39, 0.29) is 23.9 Å². The maximum absolute atomic E-state index is 14.0. The number of carbonyl (C=O) groups is 1. The molecule has 2 fully saturated rings. The van der Waals surface area contributed by atoms with Gasteiger partial charge in [0.1, 0.15) is 54.6 Å². The van der Waals surface area contributed by atoms with E-state index in [2.05, 4.69) is 20.1 Å². The summed E-state index contributed by atoms with van der Waals surface area (Å²) in [6, 6.07) is 11.9. The van der Waals surface area contributed by atoms with Gasteiger partial charge >= 0.3 is 13.7 Å². The van der Waals surface area contributed by atoms with Gasteiger partial charge in [0.25, 0.3) is 0 Å². The summed E-state index contributed by atoms with van der Waals surface area (Å²) in [5, 5.41) is 38.8. The summed E-state index contributed by atoms with van der Waals surface area (Å²) in [6.45, 7) is 4.47. The van der Waals surface area contributed by atoms with Crippen LogP contribution in [0.4, 0.5) is 5.82 Å². The number of esters is 1. The highest BCUT2D eigenvalue weighted by Gasteiger charge is 2.57. The van der Waals surface area contributed by atoms with E-state index in [0.29, 0.717) is 25.2 Å². The maximum atomic E-state index is 14.0. The summed E-state index contributed by atoms with van der Waals surface area (Å²) < 4.78 is 43.3. The summed E-state index contributed by atoms with van der Waals surface area (Å²) in [5.74, 6) is -0.372. The van der Waals surface area contributed by atoms with Crippen LogP contribution in [0.3, 0.4) is 0 Å². The first-order valence-electron chi connectivity index (χ1n) is 14.4. The number of nitrogens with one attached hydrogen (secondary N) is 1. The lowest BCUT2D eigenvalue weighted by molar-refractivity contribution is -0.145. The molecular formula is C28H36N7O9P. The standard InChI is InChI=1S/C28H36N7O9P/c1-19(27(38)41-13-5-10-34-11-14-40-15-12-34)33-45(39,44-20-6-3-2-4-7-20)42-17-28(16-29)25(37)23(36)24(43-28)21-8-9-22-26(30)31-18-32-35(21)22/h2-4,6-9,18-19,23-25,36-37H,5,10-15,17H2,1H3,(H,33,39)(H2,30,31,32)/t19-,23-,24-,25-,28+,45?/m0/s1. The largest absolute Gasteiger partial charge is 0.464 e. The van der Waals surface area contributed by atoms with Gasteiger partial charge in [-0.2, -0.15) is 15.4 Å². The summed E-state index contributed by atoms with van der Waals surface area (Å²) >= 11 is 0. The SMILES string of the molecule is C[C@H](NP(=O)(OC[C@@]1(C#N)O[C@@H](c2ccc3c(N)ncnn23)[C@H](O)[C@@H]1O)Oc1ccccc1)C(=O)OCCCN1CCOCC1. The Balaban J connectivity index is 1.27. The molecule has 242 valence electrons. The number of nitrogens with zero attached hydrogens (tertiary/aromatic N) is 5. The fourth-order valence-corrected chi connectivity index (χ4v) is 6.59. The number of benzene rings is 1. The molecule has 0 saturated carbocycles. The Morgan fingerprint density at radius 3 is 2.76 bits per heavy atom. The van der Waals surface area contributed by atoms with Gasteiger partial charge < -0.3 is 34.7 Å². The van der Waals surface area contributed by atoms with Crippen molar-refractivity contribution in [3.63, 3.8) is 0 Å². The van der Waals surface area contributed by atoms with Gasteiger partial charge in [-0.05, 0) is 37.6 Å². The molecule has 1 aromatic carbocycles. The average Bonchev–Trinajstić information content (AvgIpc) is 3.59. The van der Waals surface area contributed by atoms with Crippen LogP contribution in [0.5, 0.6) is 5.75 Å². The van der Waals surface area contributed by atoms with Gasteiger partial charge in [0, 0.05) is 19.6 Å². The monoisotopic (exact) mass is 645 g/mol. The lowest BCUT2D eigenvalue weighted by Gasteiger charge is -2.28. The highest BCUT2D eigenvalue weighted by Crippen LogP contribution is 2.48. The molecule has 0 radical (unpaired) electrons. The summed E-state index contributed by atoms with van der Waals surface area (Å²) in [4.78, 5) is 18.9. The number of ether oxygens (including phenoxy) is 3. The van der Waals surface area contributed by atoms with Gasteiger partial charge in [-0.25, -0.2) is 14.1 Å². The van der Waals surface area contributed by atoms with Crippen molar-refractivity contribution in [2.45, 2.75) is 43.3 Å². The molecule has 5 N–H and O–H groups in total. The number of aliphatic hydroxyl groups is 2. The zero-order chi connectivity index (χ0) is 32.0.